The summed E-state index contributed by atoms with van der Waals surface area (Å²) in [6.07, 6.45) is 7.19. The van der Waals surface area contributed by atoms with Crippen molar-refractivity contribution in [2.75, 3.05) is 0 Å². The molecule has 0 aromatic heterocycles. The van der Waals surface area contributed by atoms with Crippen molar-refractivity contribution in [1.82, 2.24) is 0 Å². The molecule has 120 valence electrons. The number of hydrogen-bond donors (Lipinski definition) is 0. The molecule has 20 heavy (non-hydrogen) atoms. The van der Waals surface area contributed by atoms with Crippen molar-refractivity contribution in [1.29, 1.82) is 0 Å². The van der Waals surface area contributed by atoms with Crippen LogP contribution in [0.2, 0.25) is 0 Å². The fourth-order valence-corrected chi connectivity index (χ4v) is 0. The third kappa shape index (κ3) is 68.2. The van der Waals surface area contributed by atoms with Crippen LogP contribution in [-0.4, -0.2) is 0 Å². The van der Waals surface area contributed by atoms with Gasteiger partial charge in [-0.25, -0.2) is 0 Å². The van der Waals surface area contributed by atoms with E-state index in [2.05, 4.69) is 61.1 Å². The third-order valence-corrected chi connectivity index (χ3v) is 2.51. The Balaban J connectivity index is -0.0000000862. The summed E-state index contributed by atoms with van der Waals surface area (Å²) < 4.78 is 0. The van der Waals surface area contributed by atoms with Crippen LogP contribution in [0.1, 0.15) is 82.6 Å². The molecule has 0 aromatic rings. The maximum absolute atomic E-state index is 3.67. The smallest absolute Gasteiger partial charge is 0.0354 e. The molecule has 0 rings (SSSR count). The van der Waals surface area contributed by atoms with Gasteiger partial charge in [-0.1, -0.05) is 47.4 Å². The zero-order chi connectivity index (χ0) is 17.1. The van der Waals surface area contributed by atoms with Crippen LogP contribution in [0, 0.1) is 0 Å². The van der Waals surface area contributed by atoms with Crippen molar-refractivity contribution in [3.05, 3.63) is 47.1 Å². The van der Waals surface area contributed by atoms with E-state index in [1.54, 1.807) is 0 Å². The summed E-state index contributed by atoms with van der Waals surface area (Å²) in [5.41, 5.74) is 5.49. The normalized spacial score (nSPS) is 7.95. The molecule has 0 aliphatic carbocycles. The van der Waals surface area contributed by atoms with Gasteiger partial charge in [0.1, 0.15) is 0 Å². The number of hydrogen-bond acceptors (Lipinski definition) is 0. The maximum Gasteiger partial charge on any atom is -0.0354 e. The molecule has 0 heterocycles. The van der Waals surface area contributed by atoms with Crippen molar-refractivity contribution in [2.24, 2.45) is 0 Å². The average Bonchev–Trinajstić information content (AvgIpc) is 2.40. The predicted molar refractivity (Wildman–Crippen MR) is 100 cm³/mol. The molecule has 0 aliphatic rings. The van der Waals surface area contributed by atoms with E-state index in [9.17, 15) is 0 Å². The molecule has 0 aliphatic heterocycles. The van der Waals surface area contributed by atoms with Crippen LogP contribution in [-0.2, 0) is 0 Å². The van der Waals surface area contributed by atoms with Crippen molar-refractivity contribution in [3.63, 3.8) is 0 Å². The van der Waals surface area contributed by atoms with E-state index in [0.717, 1.165) is 6.42 Å². The Morgan fingerprint density at radius 3 is 0.950 bits per heavy atom. The second kappa shape index (κ2) is 23.1. The van der Waals surface area contributed by atoms with Crippen LogP contribution in [0.25, 0.3) is 0 Å². The van der Waals surface area contributed by atoms with E-state index in [1.165, 1.54) is 22.3 Å². The lowest BCUT2D eigenvalue weighted by Crippen LogP contribution is -1.66. The third-order valence-electron chi connectivity index (χ3n) is 2.51. The van der Waals surface area contributed by atoms with Crippen LogP contribution in [0.15, 0.2) is 47.1 Å². The molecule has 0 N–H and O–H groups in total. The highest BCUT2D eigenvalue weighted by atomic mass is 13.8. The fourth-order valence-electron chi connectivity index (χ4n) is 0. The lowest BCUT2D eigenvalue weighted by molar-refractivity contribution is 1.11. The second-order valence-electron chi connectivity index (χ2n) is 5.34. The SMILES string of the molecule is C/C=C\C.C=C(C)CC.CC(C)=C(C)C.CC=C(C)C. The summed E-state index contributed by atoms with van der Waals surface area (Å²) in [7, 11) is 0. The molecule has 0 radical (unpaired) electrons. The van der Waals surface area contributed by atoms with E-state index in [1.807, 2.05) is 39.8 Å². The number of allylic oxidation sites excluding steroid dienone is 7. The van der Waals surface area contributed by atoms with Gasteiger partial charge in [-0.05, 0) is 75.7 Å². The molecule has 0 unspecified atom stereocenters. The summed E-state index contributed by atoms with van der Waals surface area (Å²) in [6, 6.07) is 0. The van der Waals surface area contributed by atoms with Gasteiger partial charge in [0.25, 0.3) is 0 Å². The van der Waals surface area contributed by atoms with Gasteiger partial charge in [-0.3, -0.25) is 0 Å². The van der Waals surface area contributed by atoms with Gasteiger partial charge in [-0.2, -0.15) is 0 Å². The molecule has 0 saturated carbocycles. The van der Waals surface area contributed by atoms with Crippen molar-refractivity contribution < 1.29 is 0 Å². The Morgan fingerprint density at radius 2 is 0.950 bits per heavy atom. The molecular weight excluding hydrogens is 240 g/mol. The Labute approximate surface area is 130 Å². The van der Waals surface area contributed by atoms with E-state index in [0.29, 0.717) is 0 Å². The lowest BCUT2D eigenvalue weighted by atomic mass is 10.2. The highest BCUT2D eigenvalue weighted by molar-refractivity contribution is 5.02. The van der Waals surface area contributed by atoms with E-state index in [-0.39, 0.29) is 0 Å². The van der Waals surface area contributed by atoms with Crippen LogP contribution in [0.3, 0.4) is 0 Å². The molecule has 0 amide bonds. The maximum atomic E-state index is 3.67. The first kappa shape index (κ1) is 27.3. The largest absolute Gasteiger partial charge is 0.100 e. The number of rotatable bonds is 1. The summed E-state index contributed by atoms with van der Waals surface area (Å²) >= 11 is 0. The summed E-state index contributed by atoms with van der Waals surface area (Å²) in [5, 5.41) is 0. The first-order chi connectivity index (χ1) is 9.10. The zero-order valence-corrected chi connectivity index (χ0v) is 16.1. The van der Waals surface area contributed by atoms with Crippen LogP contribution >= 0.6 is 0 Å². The van der Waals surface area contributed by atoms with Crippen LogP contribution in [0.4, 0.5) is 0 Å². The van der Waals surface area contributed by atoms with Crippen molar-refractivity contribution >= 4 is 0 Å². The fraction of sp³-hybridized carbons (Fsp3) is 0.600. The topological polar surface area (TPSA) is 0 Å². The van der Waals surface area contributed by atoms with E-state index < -0.39 is 0 Å². The lowest BCUT2D eigenvalue weighted by Gasteiger charge is -1.88. The van der Waals surface area contributed by atoms with Crippen LogP contribution in [0.5, 0.6) is 0 Å². The minimum atomic E-state index is 1.11. The summed E-state index contributed by atoms with van der Waals surface area (Å²) in [4.78, 5) is 0. The monoisotopic (exact) mass is 280 g/mol. The van der Waals surface area contributed by atoms with Gasteiger partial charge >= 0.3 is 0 Å². The average molecular weight is 281 g/mol. The van der Waals surface area contributed by atoms with Gasteiger partial charge in [0.05, 0.1) is 0 Å². The zero-order valence-electron chi connectivity index (χ0n) is 16.1. The Hall–Kier alpha value is -1.04. The summed E-state index contributed by atoms with van der Waals surface area (Å²) in [5.74, 6) is 0. The van der Waals surface area contributed by atoms with E-state index in [4.69, 9.17) is 0 Å². The van der Waals surface area contributed by atoms with Gasteiger partial charge in [0.2, 0.25) is 0 Å². The Kier molecular flexibility index (Phi) is 31.5. The second-order valence-corrected chi connectivity index (χ2v) is 5.34. The first-order valence-electron chi connectivity index (χ1n) is 7.52. The quantitative estimate of drug-likeness (QED) is 0.428. The van der Waals surface area contributed by atoms with E-state index >= 15 is 0 Å². The summed E-state index contributed by atoms with van der Waals surface area (Å²) in [6.45, 7) is 26.5. The standard InChI is InChI=1S/C6H12.2C5H10.C4H8/c1-5(2)6(3)4;2*1-4-5(2)3;1-3-4-2/h1-4H3;4H,1-3H3;2,4H2,1,3H3;3-4H,1-2H3/b;;;4-3-. The molecule has 0 fully saturated rings. The molecule has 0 heteroatoms. The van der Waals surface area contributed by atoms with Gasteiger partial charge < -0.3 is 0 Å². The molecule has 0 spiro atoms. The van der Waals surface area contributed by atoms with Gasteiger partial charge in [-0.15, -0.1) is 6.58 Å². The van der Waals surface area contributed by atoms with Crippen molar-refractivity contribution in [2.45, 2.75) is 82.6 Å². The van der Waals surface area contributed by atoms with Gasteiger partial charge in [0.15, 0.2) is 0 Å². The minimum Gasteiger partial charge on any atom is -0.100 e. The Morgan fingerprint density at radius 1 is 0.750 bits per heavy atom. The Bertz CT molecular complexity index is 259. The first-order valence-corrected chi connectivity index (χ1v) is 7.52. The predicted octanol–water partition coefficient (Wildman–Crippen LogP) is 7.89. The molecule has 0 saturated heterocycles. The van der Waals surface area contributed by atoms with Crippen molar-refractivity contribution in [3.8, 4) is 0 Å². The molecule has 0 nitrogen and oxygen atoms in total. The molecular formula is C20H40. The molecule has 0 aromatic carbocycles. The molecule has 0 atom stereocenters. The van der Waals surface area contributed by atoms with Gasteiger partial charge in [0, 0.05) is 0 Å². The van der Waals surface area contributed by atoms with Crippen LogP contribution < -0.4 is 0 Å². The highest BCUT2D eigenvalue weighted by Crippen LogP contribution is 1.97. The highest BCUT2D eigenvalue weighted by Gasteiger charge is 1.75. The molecule has 0 bridgehead atoms. The minimum absolute atomic E-state index is 1.11.